The lowest BCUT2D eigenvalue weighted by Crippen LogP contribution is -2.46. The van der Waals surface area contributed by atoms with E-state index in [9.17, 15) is 4.79 Å². The average molecular weight is 336 g/mol. The summed E-state index contributed by atoms with van der Waals surface area (Å²) in [6.07, 6.45) is 3.44. The monoisotopic (exact) mass is 335 g/mol. The van der Waals surface area contributed by atoms with Crippen molar-refractivity contribution < 1.29 is 14.3 Å². The van der Waals surface area contributed by atoms with Crippen molar-refractivity contribution in [3.63, 3.8) is 0 Å². The van der Waals surface area contributed by atoms with Gasteiger partial charge < -0.3 is 14.8 Å². The molecule has 0 aliphatic heterocycles. The molecule has 1 saturated carbocycles. The third-order valence-electron chi connectivity index (χ3n) is 3.18. The number of nitrogens with one attached hydrogen (secondary N) is 1. The second-order valence-corrected chi connectivity index (χ2v) is 7.11. The van der Waals surface area contributed by atoms with E-state index in [4.69, 9.17) is 9.47 Å². The SMILES string of the molecule is CC(C)(C)OC(=O)NCC(C)(CBr)OCC1CCC1. The van der Waals surface area contributed by atoms with Crippen molar-refractivity contribution >= 4 is 22.0 Å². The maximum Gasteiger partial charge on any atom is 0.407 e. The quantitative estimate of drug-likeness (QED) is 0.756. The van der Waals surface area contributed by atoms with Crippen LogP contribution in [0.4, 0.5) is 4.79 Å². The molecule has 0 saturated heterocycles. The molecule has 1 atom stereocenters. The summed E-state index contributed by atoms with van der Waals surface area (Å²) in [4.78, 5) is 11.6. The number of hydrogen-bond donors (Lipinski definition) is 1. The van der Waals surface area contributed by atoms with Gasteiger partial charge >= 0.3 is 6.09 Å². The lowest BCUT2D eigenvalue weighted by molar-refractivity contribution is -0.0433. The van der Waals surface area contributed by atoms with Gasteiger partial charge in [-0.15, -0.1) is 0 Å². The first-order chi connectivity index (χ1) is 8.74. The molecule has 0 spiro atoms. The maximum atomic E-state index is 11.6. The molecule has 0 heterocycles. The zero-order valence-electron chi connectivity index (χ0n) is 12.4. The van der Waals surface area contributed by atoms with Gasteiger partial charge in [0.1, 0.15) is 5.60 Å². The van der Waals surface area contributed by atoms with Gasteiger partial charge in [-0.3, -0.25) is 0 Å². The molecule has 1 rings (SSSR count). The summed E-state index contributed by atoms with van der Waals surface area (Å²) in [6, 6.07) is 0. The van der Waals surface area contributed by atoms with Gasteiger partial charge in [0.25, 0.3) is 0 Å². The van der Waals surface area contributed by atoms with Crippen molar-refractivity contribution in [3.05, 3.63) is 0 Å². The number of carbonyl (C=O) groups excluding carboxylic acids is 1. The number of hydrogen-bond acceptors (Lipinski definition) is 3. The zero-order chi connectivity index (χ0) is 14.5. The van der Waals surface area contributed by atoms with Gasteiger partial charge in [-0.05, 0) is 46.5 Å². The van der Waals surface area contributed by atoms with Crippen LogP contribution in [-0.2, 0) is 9.47 Å². The lowest BCUT2D eigenvalue weighted by atomic mass is 9.86. The normalized spacial score (nSPS) is 19.4. The van der Waals surface area contributed by atoms with Crippen LogP contribution >= 0.6 is 15.9 Å². The number of alkyl carbamates (subject to hydrolysis) is 1. The standard InChI is InChI=1S/C14H26BrNO3/c1-13(2,3)19-12(17)16-10-14(4,9-15)18-8-11-6-5-7-11/h11H,5-10H2,1-4H3,(H,16,17). The van der Waals surface area contributed by atoms with Crippen molar-refractivity contribution in [1.82, 2.24) is 5.32 Å². The van der Waals surface area contributed by atoms with E-state index in [0.29, 0.717) is 17.8 Å². The molecule has 0 aromatic heterocycles. The Bertz CT molecular complexity index is 300. The van der Waals surface area contributed by atoms with Gasteiger partial charge in [0.05, 0.1) is 18.8 Å². The summed E-state index contributed by atoms with van der Waals surface area (Å²) in [5, 5.41) is 3.46. The Kier molecular flexibility index (Phi) is 6.12. The molecule has 1 N–H and O–H groups in total. The highest BCUT2D eigenvalue weighted by Gasteiger charge is 2.28. The highest BCUT2D eigenvalue weighted by Crippen LogP contribution is 2.28. The number of halogens is 1. The highest BCUT2D eigenvalue weighted by molar-refractivity contribution is 9.09. The molecule has 1 aliphatic carbocycles. The predicted molar refractivity (Wildman–Crippen MR) is 79.7 cm³/mol. The van der Waals surface area contributed by atoms with Crippen LogP contribution in [0.3, 0.4) is 0 Å². The Morgan fingerprint density at radius 2 is 1.95 bits per heavy atom. The number of alkyl halides is 1. The summed E-state index contributed by atoms with van der Waals surface area (Å²) in [6.45, 7) is 8.77. The molecule has 5 heteroatoms. The summed E-state index contributed by atoms with van der Waals surface area (Å²) in [5.41, 5.74) is -0.853. The zero-order valence-corrected chi connectivity index (χ0v) is 14.0. The Labute approximate surface area is 124 Å². The summed E-state index contributed by atoms with van der Waals surface area (Å²) < 4.78 is 11.2. The van der Waals surface area contributed by atoms with E-state index >= 15 is 0 Å². The fraction of sp³-hybridized carbons (Fsp3) is 0.929. The number of amides is 1. The number of carbonyl (C=O) groups is 1. The molecule has 0 aromatic rings. The van der Waals surface area contributed by atoms with Crippen molar-refractivity contribution in [2.45, 2.75) is 58.2 Å². The molecule has 0 bridgehead atoms. The fourth-order valence-corrected chi connectivity index (χ4v) is 2.05. The summed E-state index contributed by atoms with van der Waals surface area (Å²) in [7, 11) is 0. The molecule has 1 aliphatic rings. The first-order valence-corrected chi connectivity index (χ1v) is 8.03. The fourth-order valence-electron chi connectivity index (χ4n) is 1.69. The van der Waals surface area contributed by atoms with Crippen LogP contribution in [0.1, 0.15) is 47.0 Å². The largest absolute Gasteiger partial charge is 0.444 e. The van der Waals surface area contributed by atoms with Gasteiger partial charge in [-0.1, -0.05) is 22.4 Å². The summed E-state index contributed by atoms with van der Waals surface area (Å²) >= 11 is 3.46. The van der Waals surface area contributed by atoms with Crippen LogP contribution in [0.5, 0.6) is 0 Å². The van der Waals surface area contributed by atoms with E-state index in [0.717, 1.165) is 6.61 Å². The highest BCUT2D eigenvalue weighted by atomic mass is 79.9. The van der Waals surface area contributed by atoms with E-state index < -0.39 is 11.7 Å². The molecular formula is C14H26BrNO3. The smallest absolute Gasteiger partial charge is 0.407 e. The number of rotatable bonds is 6. The van der Waals surface area contributed by atoms with Crippen LogP contribution in [0.2, 0.25) is 0 Å². The van der Waals surface area contributed by atoms with Gasteiger partial charge in [0.15, 0.2) is 0 Å². The van der Waals surface area contributed by atoms with E-state index in [1.807, 2.05) is 27.7 Å². The second-order valence-electron chi connectivity index (χ2n) is 6.55. The van der Waals surface area contributed by atoms with Crippen molar-refractivity contribution in [2.24, 2.45) is 5.92 Å². The van der Waals surface area contributed by atoms with Crippen LogP contribution in [0, 0.1) is 5.92 Å². The van der Waals surface area contributed by atoms with Crippen LogP contribution < -0.4 is 5.32 Å². The summed E-state index contributed by atoms with van der Waals surface area (Å²) in [5.74, 6) is 0.694. The van der Waals surface area contributed by atoms with Crippen LogP contribution in [-0.4, -0.2) is 35.8 Å². The van der Waals surface area contributed by atoms with Crippen molar-refractivity contribution in [3.8, 4) is 0 Å². The molecule has 1 fully saturated rings. The van der Waals surface area contributed by atoms with Crippen molar-refractivity contribution in [2.75, 3.05) is 18.5 Å². The van der Waals surface area contributed by atoms with Crippen LogP contribution in [0.15, 0.2) is 0 Å². The first-order valence-electron chi connectivity index (χ1n) is 6.91. The number of ether oxygens (including phenoxy) is 2. The first kappa shape index (κ1) is 16.8. The molecule has 112 valence electrons. The molecule has 0 aromatic carbocycles. The minimum absolute atomic E-state index is 0.382. The molecular weight excluding hydrogens is 310 g/mol. The van der Waals surface area contributed by atoms with E-state index in [2.05, 4.69) is 21.2 Å². The third-order valence-corrected chi connectivity index (χ3v) is 4.37. The van der Waals surface area contributed by atoms with E-state index in [1.165, 1.54) is 19.3 Å². The minimum atomic E-state index is -0.471. The van der Waals surface area contributed by atoms with Gasteiger partial charge in [-0.25, -0.2) is 4.79 Å². The van der Waals surface area contributed by atoms with E-state index in [-0.39, 0.29) is 5.60 Å². The van der Waals surface area contributed by atoms with Gasteiger partial charge in [0.2, 0.25) is 0 Å². The van der Waals surface area contributed by atoms with E-state index in [1.54, 1.807) is 0 Å². The molecule has 4 nitrogen and oxygen atoms in total. The molecule has 19 heavy (non-hydrogen) atoms. The Morgan fingerprint density at radius 3 is 2.37 bits per heavy atom. The maximum absolute atomic E-state index is 11.6. The topological polar surface area (TPSA) is 47.6 Å². The molecule has 0 radical (unpaired) electrons. The van der Waals surface area contributed by atoms with Gasteiger partial charge in [-0.2, -0.15) is 0 Å². The van der Waals surface area contributed by atoms with Crippen molar-refractivity contribution in [1.29, 1.82) is 0 Å². The average Bonchev–Trinajstić information content (AvgIpc) is 2.22. The van der Waals surface area contributed by atoms with Gasteiger partial charge in [0, 0.05) is 5.33 Å². The Hall–Kier alpha value is -0.290. The second kappa shape index (κ2) is 6.93. The molecule has 1 unspecified atom stereocenters. The van der Waals surface area contributed by atoms with Crippen LogP contribution in [0.25, 0.3) is 0 Å². The molecule has 1 amide bonds. The third kappa shape index (κ3) is 6.61. The lowest BCUT2D eigenvalue weighted by Gasteiger charge is -2.33. The Morgan fingerprint density at radius 1 is 1.32 bits per heavy atom. The minimum Gasteiger partial charge on any atom is -0.444 e. The predicted octanol–water partition coefficient (Wildman–Crippen LogP) is 3.48. The Balaban J connectivity index is 2.31.